The van der Waals surface area contributed by atoms with E-state index in [0.29, 0.717) is 11.8 Å². The number of hydrogen-bond acceptors (Lipinski definition) is 3. The van der Waals surface area contributed by atoms with Crippen molar-refractivity contribution < 1.29 is 8.42 Å². The van der Waals surface area contributed by atoms with Gasteiger partial charge in [-0.05, 0) is 45.4 Å². The maximum Gasteiger partial charge on any atom is 0.152 e. The SMILES string of the molecule is CC(C)S(=O)(=O)CCCCC(N)C1CC1. The van der Waals surface area contributed by atoms with Gasteiger partial charge in [0.15, 0.2) is 9.84 Å². The van der Waals surface area contributed by atoms with Crippen LogP contribution in [0.4, 0.5) is 0 Å². The van der Waals surface area contributed by atoms with Gasteiger partial charge in [0.05, 0.1) is 11.0 Å². The minimum atomic E-state index is -2.84. The average Bonchev–Trinajstić information content (AvgIpc) is 2.94. The fourth-order valence-corrected chi connectivity index (χ4v) is 2.76. The molecule has 90 valence electrons. The number of unbranched alkanes of at least 4 members (excludes halogenated alkanes) is 1. The second-order valence-corrected chi connectivity index (χ2v) is 7.59. The van der Waals surface area contributed by atoms with Gasteiger partial charge in [-0.3, -0.25) is 0 Å². The zero-order chi connectivity index (χ0) is 11.5. The molecule has 4 heteroatoms. The Morgan fingerprint density at radius 2 is 1.87 bits per heavy atom. The van der Waals surface area contributed by atoms with Gasteiger partial charge in [0, 0.05) is 6.04 Å². The molecule has 1 rings (SSSR count). The summed E-state index contributed by atoms with van der Waals surface area (Å²) in [6.45, 7) is 3.48. The summed E-state index contributed by atoms with van der Waals surface area (Å²) >= 11 is 0. The molecule has 0 aliphatic heterocycles. The lowest BCUT2D eigenvalue weighted by Crippen LogP contribution is -2.23. The molecular formula is C11H23NO2S. The van der Waals surface area contributed by atoms with Gasteiger partial charge < -0.3 is 5.73 Å². The van der Waals surface area contributed by atoms with Crippen molar-refractivity contribution in [2.45, 2.75) is 57.2 Å². The van der Waals surface area contributed by atoms with E-state index in [1.165, 1.54) is 12.8 Å². The zero-order valence-electron chi connectivity index (χ0n) is 9.78. The van der Waals surface area contributed by atoms with Crippen molar-refractivity contribution in [1.29, 1.82) is 0 Å². The Morgan fingerprint density at radius 3 is 2.33 bits per heavy atom. The van der Waals surface area contributed by atoms with Gasteiger partial charge in [-0.2, -0.15) is 0 Å². The van der Waals surface area contributed by atoms with Gasteiger partial charge in [0.2, 0.25) is 0 Å². The lowest BCUT2D eigenvalue weighted by Gasteiger charge is -2.10. The molecule has 15 heavy (non-hydrogen) atoms. The van der Waals surface area contributed by atoms with Crippen molar-refractivity contribution >= 4 is 9.84 Å². The first-order chi connectivity index (χ1) is 6.93. The standard InChI is InChI=1S/C11H23NO2S/c1-9(2)15(13,14)8-4-3-5-11(12)10-6-7-10/h9-11H,3-8,12H2,1-2H3. The second-order valence-electron chi connectivity index (χ2n) is 4.91. The highest BCUT2D eigenvalue weighted by Gasteiger charge is 2.27. The second kappa shape index (κ2) is 5.30. The third-order valence-corrected chi connectivity index (χ3v) is 5.46. The normalized spacial score (nSPS) is 19.5. The molecule has 0 bridgehead atoms. The van der Waals surface area contributed by atoms with Gasteiger partial charge >= 0.3 is 0 Å². The highest BCUT2D eigenvalue weighted by atomic mass is 32.2. The van der Waals surface area contributed by atoms with Gasteiger partial charge in [0.25, 0.3) is 0 Å². The van der Waals surface area contributed by atoms with E-state index in [1.54, 1.807) is 13.8 Å². The Labute approximate surface area is 93.3 Å². The van der Waals surface area contributed by atoms with E-state index in [0.717, 1.165) is 25.2 Å². The molecule has 0 saturated heterocycles. The van der Waals surface area contributed by atoms with Crippen LogP contribution in [0.15, 0.2) is 0 Å². The first-order valence-electron chi connectivity index (χ1n) is 5.90. The molecule has 1 aliphatic carbocycles. The Morgan fingerprint density at radius 1 is 1.27 bits per heavy atom. The summed E-state index contributed by atoms with van der Waals surface area (Å²) in [4.78, 5) is 0. The summed E-state index contributed by atoms with van der Waals surface area (Å²) in [6, 6.07) is 0.312. The highest BCUT2D eigenvalue weighted by Crippen LogP contribution is 2.33. The topological polar surface area (TPSA) is 60.2 Å². The molecule has 0 aromatic carbocycles. The molecule has 0 amide bonds. The zero-order valence-corrected chi connectivity index (χ0v) is 10.6. The van der Waals surface area contributed by atoms with Crippen molar-refractivity contribution in [3.05, 3.63) is 0 Å². The predicted octanol–water partition coefficient (Wildman–Crippen LogP) is 1.72. The number of nitrogens with two attached hydrogens (primary N) is 1. The summed E-state index contributed by atoms with van der Waals surface area (Å²) < 4.78 is 23.0. The first kappa shape index (κ1) is 13.0. The summed E-state index contributed by atoms with van der Waals surface area (Å²) in [6.07, 6.45) is 5.24. The van der Waals surface area contributed by atoms with E-state index in [-0.39, 0.29) is 5.25 Å². The van der Waals surface area contributed by atoms with Crippen molar-refractivity contribution in [2.75, 3.05) is 5.75 Å². The molecule has 0 heterocycles. The van der Waals surface area contributed by atoms with Gasteiger partial charge in [-0.15, -0.1) is 0 Å². The molecule has 1 unspecified atom stereocenters. The van der Waals surface area contributed by atoms with Crippen LogP contribution in [-0.2, 0) is 9.84 Å². The van der Waals surface area contributed by atoms with Crippen molar-refractivity contribution in [3.63, 3.8) is 0 Å². The fraction of sp³-hybridized carbons (Fsp3) is 1.00. The van der Waals surface area contributed by atoms with E-state index in [2.05, 4.69) is 0 Å². The highest BCUT2D eigenvalue weighted by molar-refractivity contribution is 7.91. The van der Waals surface area contributed by atoms with Crippen LogP contribution in [0.1, 0.15) is 46.0 Å². The van der Waals surface area contributed by atoms with Crippen LogP contribution in [-0.4, -0.2) is 25.5 Å². The molecule has 1 aliphatic rings. The molecule has 0 spiro atoms. The average molecular weight is 233 g/mol. The number of hydrogen-bond donors (Lipinski definition) is 1. The summed E-state index contributed by atoms with van der Waals surface area (Å²) in [7, 11) is -2.84. The van der Waals surface area contributed by atoms with Gasteiger partial charge in [0.1, 0.15) is 0 Å². The van der Waals surface area contributed by atoms with Crippen LogP contribution in [0.5, 0.6) is 0 Å². The summed E-state index contributed by atoms with van der Waals surface area (Å²) in [5.41, 5.74) is 5.94. The Bertz CT molecular complexity index is 281. The largest absolute Gasteiger partial charge is 0.327 e. The van der Waals surface area contributed by atoms with E-state index in [4.69, 9.17) is 5.73 Å². The van der Waals surface area contributed by atoms with Crippen LogP contribution in [0.2, 0.25) is 0 Å². The van der Waals surface area contributed by atoms with E-state index >= 15 is 0 Å². The van der Waals surface area contributed by atoms with Crippen LogP contribution < -0.4 is 5.73 Å². The van der Waals surface area contributed by atoms with Crippen LogP contribution in [0.3, 0.4) is 0 Å². The van der Waals surface area contributed by atoms with E-state index in [9.17, 15) is 8.42 Å². The quantitative estimate of drug-likeness (QED) is 0.681. The van der Waals surface area contributed by atoms with Gasteiger partial charge in [-0.1, -0.05) is 6.42 Å². The number of rotatable bonds is 7. The minimum Gasteiger partial charge on any atom is -0.327 e. The maximum atomic E-state index is 11.5. The molecule has 2 N–H and O–H groups in total. The molecule has 0 radical (unpaired) electrons. The fourth-order valence-electron chi connectivity index (χ4n) is 1.68. The third-order valence-electron chi connectivity index (χ3n) is 3.16. The van der Waals surface area contributed by atoms with Crippen LogP contribution in [0, 0.1) is 5.92 Å². The molecular weight excluding hydrogens is 210 g/mol. The molecule has 1 fully saturated rings. The Hall–Kier alpha value is -0.0900. The summed E-state index contributed by atoms with van der Waals surface area (Å²) in [5, 5.41) is -0.241. The Balaban J connectivity index is 2.10. The van der Waals surface area contributed by atoms with Gasteiger partial charge in [-0.25, -0.2) is 8.42 Å². The first-order valence-corrected chi connectivity index (χ1v) is 7.62. The van der Waals surface area contributed by atoms with Crippen LogP contribution in [0.25, 0.3) is 0 Å². The minimum absolute atomic E-state index is 0.241. The van der Waals surface area contributed by atoms with E-state index < -0.39 is 9.84 Å². The monoisotopic (exact) mass is 233 g/mol. The van der Waals surface area contributed by atoms with Crippen molar-refractivity contribution in [3.8, 4) is 0 Å². The predicted molar refractivity (Wildman–Crippen MR) is 63.5 cm³/mol. The molecule has 1 atom stereocenters. The molecule has 0 aromatic heterocycles. The van der Waals surface area contributed by atoms with Crippen molar-refractivity contribution in [2.24, 2.45) is 11.7 Å². The molecule has 1 saturated carbocycles. The van der Waals surface area contributed by atoms with Crippen LogP contribution >= 0.6 is 0 Å². The third kappa shape index (κ3) is 4.51. The van der Waals surface area contributed by atoms with E-state index in [1.807, 2.05) is 0 Å². The smallest absolute Gasteiger partial charge is 0.152 e. The maximum absolute atomic E-state index is 11.5. The number of sulfone groups is 1. The lowest BCUT2D eigenvalue weighted by atomic mass is 10.1. The summed E-state index contributed by atoms with van der Waals surface area (Å²) in [5.74, 6) is 1.05. The van der Waals surface area contributed by atoms with Crippen molar-refractivity contribution in [1.82, 2.24) is 0 Å². The molecule has 0 aromatic rings. The molecule has 3 nitrogen and oxygen atoms in total. The Kier molecular flexibility index (Phi) is 4.59. The lowest BCUT2D eigenvalue weighted by molar-refractivity contribution is 0.521.